The van der Waals surface area contributed by atoms with E-state index < -0.39 is 0 Å². The predicted molar refractivity (Wildman–Crippen MR) is 83.5 cm³/mol. The van der Waals surface area contributed by atoms with Crippen molar-refractivity contribution in [3.63, 3.8) is 0 Å². The van der Waals surface area contributed by atoms with Gasteiger partial charge in [-0.25, -0.2) is 0 Å². The summed E-state index contributed by atoms with van der Waals surface area (Å²) in [5.41, 5.74) is 0. The Balaban J connectivity index is 1.90. The van der Waals surface area contributed by atoms with Crippen LogP contribution in [0.4, 0.5) is 0 Å². The van der Waals surface area contributed by atoms with Crippen molar-refractivity contribution in [2.75, 3.05) is 20.1 Å². The molecule has 0 aromatic carbocycles. The molecule has 1 aliphatic heterocycles. The third kappa shape index (κ3) is 3.95. The Morgan fingerprint density at radius 3 is 2.68 bits per heavy atom. The Morgan fingerprint density at radius 1 is 1.16 bits per heavy atom. The van der Waals surface area contributed by atoms with E-state index in [0.29, 0.717) is 0 Å². The van der Waals surface area contributed by atoms with Crippen LogP contribution < -0.4 is 5.32 Å². The lowest BCUT2D eigenvalue weighted by atomic mass is 9.76. The Labute approximate surface area is 120 Å². The van der Waals surface area contributed by atoms with E-state index in [1.807, 2.05) is 0 Å². The van der Waals surface area contributed by atoms with Crippen LogP contribution in [0.15, 0.2) is 0 Å². The molecule has 1 saturated carbocycles. The van der Waals surface area contributed by atoms with E-state index in [4.69, 9.17) is 0 Å². The first kappa shape index (κ1) is 15.3. The molecule has 19 heavy (non-hydrogen) atoms. The van der Waals surface area contributed by atoms with E-state index in [1.54, 1.807) is 0 Å². The number of hydrogen-bond acceptors (Lipinski definition) is 2. The lowest BCUT2D eigenvalue weighted by Gasteiger charge is -2.39. The Bertz CT molecular complexity index is 254. The first-order valence-electron chi connectivity index (χ1n) is 8.69. The Hall–Kier alpha value is -0.0800. The van der Waals surface area contributed by atoms with Crippen molar-refractivity contribution in [3.8, 4) is 0 Å². The van der Waals surface area contributed by atoms with Gasteiger partial charge in [-0.1, -0.05) is 26.7 Å². The average Bonchev–Trinajstić information content (AvgIpc) is 2.87. The van der Waals surface area contributed by atoms with Crippen LogP contribution in [0.5, 0.6) is 0 Å². The van der Waals surface area contributed by atoms with Crippen LogP contribution in [-0.4, -0.2) is 37.1 Å². The third-order valence-electron chi connectivity index (χ3n) is 5.60. The van der Waals surface area contributed by atoms with E-state index in [9.17, 15) is 0 Å². The average molecular weight is 266 g/mol. The van der Waals surface area contributed by atoms with Gasteiger partial charge in [-0.3, -0.25) is 0 Å². The molecule has 0 aromatic heterocycles. The van der Waals surface area contributed by atoms with Gasteiger partial charge in [0.2, 0.25) is 0 Å². The maximum atomic E-state index is 3.60. The predicted octanol–water partition coefficient (Wildman–Crippen LogP) is 3.67. The van der Waals surface area contributed by atoms with Crippen LogP contribution in [0, 0.1) is 11.8 Å². The lowest BCUT2D eigenvalue weighted by Crippen LogP contribution is -2.45. The summed E-state index contributed by atoms with van der Waals surface area (Å²) in [7, 11) is 2.17. The van der Waals surface area contributed by atoms with Crippen LogP contribution >= 0.6 is 0 Å². The van der Waals surface area contributed by atoms with Crippen LogP contribution in [0.2, 0.25) is 0 Å². The van der Waals surface area contributed by atoms with Crippen molar-refractivity contribution < 1.29 is 0 Å². The molecule has 4 unspecified atom stereocenters. The van der Waals surface area contributed by atoms with Crippen LogP contribution in [0.25, 0.3) is 0 Å². The molecule has 0 bridgehead atoms. The van der Waals surface area contributed by atoms with Gasteiger partial charge < -0.3 is 10.2 Å². The van der Waals surface area contributed by atoms with Crippen molar-refractivity contribution in [2.24, 2.45) is 11.8 Å². The summed E-state index contributed by atoms with van der Waals surface area (Å²) in [6, 6.07) is 1.65. The summed E-state index contributed by atoms with van der Waals surface area (Å²) >= 11 is 0. The maximum absolute atomic E-state index is 3.60. The topological polar surface area (TPSA) is 15.3 Å². The zero-order chi connectivity index (χ0) is 13.7. The quantitative estimate of drug-likeness (QED) is 0.789. The number of rotatable bonds is 6. The van der Waals surface area contributed by atoms with Gasteiger partial charge in [-0.05, 0) is 64.0 Å². The zero-order valence-corrected chi connectivity index (χ0v) is 13.3. The Kier molecular flexibility index (Phi) is 6.15. The van der Waals surface area contributed by atoms with Crippen molar-refractivity contribution in [3.05, 3.63) is 0 Å². The van der Waals surface area contributed by atoms with Crippen LogP contribution in [0.3, 0.4) is 0 Å². The summed E-state index contributed by atoms with van der Waals surface area (Å²) in [6.07, 6.45) is 11.3. The molecule has 2 rings (SSSR count). The van der Waals surface area contributed by atoms with E-state index in [-0.39, 0.29) is 0 Å². The minimum absolute atomic E-state index is 0.770. The number of likely N-dealkylation sites (tertiary alicyclic amines) is 1. The monoisotopic (exact) mass is 266 g/mol. The highest BCUT2D eigenvalue weighted by molar-refractivity contribution is 4.88. The molecule has 2 aliphatic rings. The first-order chi connectivity index (χ1) is 9.28. The highest BCUT2D eigenvalue weighted by atomic mass is 15.2. The Morgan fingerprint density at radius 2 is 2.00 bits per heavy atom. The van der Waals surface area contributed by atoms with E-state index >= 15 is 0 Å². The molecule has 0 radical (unpaired) electrons. The van der Waals surface area contributed by atoms with Gasteiger partial charge in [0, 0.05) is 18.6 Å². The number of hydrogen-bond donors (Lipinski definition) is 1. The van der Waals surface area contributed by atoms with Gasteiger partial charge in [0.1, 0.15) is 0 Å². The van der Waals surface area contributed by atoms with Gasteiger partial charge in [0.05, 0.1) is 0 Å². The SMILES string of the molecule is CCCC1CCC(NC)C(CN2CCCC2CC)C1. The van der Waals surface area contributed by atoms with Crippen LogP contribution in [-0.2, 0) is 0 Å². The summed E-state index contributed by atoms with van der Waals surface area (Å²) in [5, 5.41) is 3.60. The largest absolute Gasteiger partial charge is 0.317 e. The molecular formula is C17H34N2. The van der Waals surface area contributed by atoms with Gasteiger partial charge in [0.25, 0.3) is 0 Å². The van der Waals surface area contributed by atoms with Crippen molar-refractivity contribution >= 4 is 0 Å². The molecule has 4 atom stereocenters. The van der Waals surface area contributed by atoms with Gasteiger partial charge in [-0.2, -0.15) is 0 Å². The minimum atomic E-state index is 0.770. The van der Waals surface area contributed by atoms with Gasteiger partial charge in [0.15, 0.2) is 0 Å². The first-order valence-corrected chi connectivity index (χ1v) is 8.69. The third-order valence-corrected chi connectivity index (χ3v) is 5.60. The number of nitrogens with zero attached hydrogens (tertiary/aromatic N) is 1. The molecule has 0 spiro atoms. The zero-order valence-electron chi connectivity index (χ0n) is 13.3. The fourth-order valence-electron chi connectivity index (χ4n) is 4.51. The standard InChI is InChI=1S/C17H34N2/c1-4-7-14-9-10-17(18-3)15(12-14)13-19-11-6-8-16(19)5-2/h14-18H,4-13H2,1-3H3. The minimum Gasteiger partial charge on any atom is -0.317 e. The van der Waals surface area contributed by atoms with Crippen molar-refractivity contribution in [2.45, 2.75) is 77.3 Å². The summed E-state index contributed by atoms with van der Waals surface area (Å²) in [6.45, 7) is 7.40. The summed E-state index contributed by atoms with van der Waals surface area (Å²) in [5.74, 6) is 1.89. The highest BCUT2D eigenvalue weighted by Crippen LogP contribution is 2.34. The molecule has 2 heteroatoms. The normalized spacial score (nSPS) is 36.8. The van der Waals surface area contributed by atoms with Crippen molar-refractivity contribution in [1.29, 1.82) is 0 Å². The summed E-state index contributed by atoms with van der Waals surface area (Å²) in [4.78, 5) is 2.79. The van der Waals surface area contributed by atoms with Crippen LogP contribution in [0.1, 0.15) is 65.2 Å². The fraction of sp³-hybridized carbons (Fsp3) is 1.00. The van der Waals surface area contributed by atoms with E-state index in [0.717, 1.165) is 23.9 Å². The second-order valence-corrected chi connectivity index (χ2v) is 6.82. The molecule has 1 saturated heterocycles. The molecule has 1 aliphatic carbocycles. The molecule has 0 aromatic rings. The van der Waals surface area contributed by atoms with E-state index in [2.05, 4.69) is 31.1 Å². The highest BCUT2D eigenvalue weighted by Gasteiger charge is 2.33. The second-order valence-electron chi connectivity index (χ2n) is 6.82. The van der Waals surface area contributed by atoms with Crippen molar-refractivity contribution in [1.82, 2.24) is 10.2 Å². The lowest BCUT2D eigenvalue weighted by molar-refractivity contribution is 0.130. The molecule has 2 fully saturated rings. The van der Waals surface area contributed by atoms with E-state index in [1.165, 1.54) is 64.5 Å². The second kappa shape index (κ2) is 7.64. The van der Waals surface area contributed by atoms with Gasteiger partial charge in [-0.15, -0.1) is 0 Å². The molecular weight excluding hydrogens is 232 g/mol. The summed E-state index contributed by atoms with van der Waals surface area (Å²) < 4.78 is 0. The maximum Gasteiger partial charge on any atom is 0.0105 e. The molecule has 0 amide bonds. The fourth-order valence-corrected chi connectivity index (χ4v) is 4.51. The molecule has 112 valence electrons. The van der Waals surface area contributed by atoms with Gasteiger partial charge >= 0.3 is 0 Å². The number of nitrogens with one attached hydrogen (secondary N) is 1. The molecule has 2 nitrogen and oxygen atoms in total. The molecule has 1 heterocycles. The molecule has 1 N–H and O–H groups in total. The smallest absolute Gasteiger partial charge is 0.0105 e.